The van der Waals surface area contributed by atoms with Crippen LogP contribution in [0.5, 0.6) is 0 Å². The molecule has 1 saturated carbocycles. The number of hydrogen-bond donors (Lipinski definition) is 1. The molecular weight excluding hydrogens is 262 g/mol. The Morgan fingerprint density at radius 1 is 1.35 bits per heavy atom. The normalized spacial score (nSPS) is 28.8. The molecule has 3 rings (SSSR count). The van der Waals surface area contributed by atoms with Crippen LogP contribution in [0, 0.1) is 17.6 Å². The number of carbonyl (C=O) groups excluding carboxylic acids is 1. The third-order valence-electron chi connectivity index (χ3n) is 4.41. The maximum atomic E-state index is 13.2. The fourth-order valence-electron chi connectivity index (χ4n) is 3.16. The van der Waals surface area contributed by atoms with E-state index in [1.807, 2.05) is 4.90 Å². The molecule has 1 saturated heterocycles. The van der Waals surface area contributed by atoms with Gasteiger partial charge in [-0.2, -0.15) is 0 Å². The molecule has 1 aliphatic heterocycles. The van der Waals surface area contributed by atoms with E-state index in [-0.39, 0.29) is 23.8 Å². The molecule has 3 unspecified atom stereocenters. The first-order valence-corrected chi connectivity index (χ1v) is 7.07. The highest BCUT2D eigenvalue weighted by Crippen LogP contribution is 2.49. The van der Waals surface area contributed by atoms with E-state index >= 15 is 0 Å². The highest BCUT2D eigenvalue weighted by Gasteiger charge is 2.47. The van der Waals surface area contributed by atoms with Crippen molar-refractivity contribution in [1.29, 1.82) is 0 Å². The molecule has 1 aromatic carbocycles. The summed E-state index contributed by atoms with van der Waals surface area (Å²) in [5.74, 6) is -1.64. The summed E-state index contributed by atoms with van der Waals surface area (Å²) >= 11 is 0. The minimum Gasteiger partial charge on any atom is -0.338 e. The molecule has 0 radical (unpaired) electrons. The van der Waals surface area contributed by atoms with Crippen LogP contribution in [0.15, 0.2) is 18.2 Å². The van der Waals surface area contributed by atoms with Gasteiger partial charge in [-0.25, -0.2) is 8.78 Å². The number of carbonyl (C=O) groups is 1. The van der Waals surface area contributed by atoms with Gasteiger partial charge in [0.25, 0.3) is 0 Å². The smallest absolute Gasteiger partial charge is 0.226 e. The summed E-state index contributed by atoms with van der Waals surface area (Å²) < 4.78 is 26.1. The zero-order valence-corrected chi connectivity index (χ0v) is 11.2. The first-order valence-electron chi connectivity index (χ1n) is 7.07. The summed E-state index contributed by atoms with van der Waals surface area (Å²) in [6, 6.07) is 4.05. The van der Waals surface area contributed by atoms with Crippen LogP contribution in [-0.2, 0) is 4.79 Å². The highest BCUT2D eigenvalue weighted by atomic mass is 19.2. The second kappa shape index (κ2) is 5.13. The van der Waals surface area contributed by atoms with E-state index in [1.165, 1.54) is 6.07 Å². The molecule has 108 valence electrons. The van der Waals surface area contributed by atoms with Crippen LogP contribution in [0.25, 0.3) is 0 Å². The quantitative estimate of drug-likeness (QED) is 0.920. The molecule has 1 aromatic rings. The number of amides is 1. The third-order valence-corrected chi connectivity index (χ3v) is 4.41. The lowest BCUT2D eigenvalue weighted by Gasteiger charge is -2.23. The topological polar surface area (TPSA) is 46.3 Å². The van der Waals surface area contributed by atoms with Gasteiger partial charge in [0.1, 0.15) is 0 Å². The van der Waals surface area contributed by atoms with Crippen molar-refractivity contribution >= 4 is 5.91 Å². The molecular formula is C15H18F2N2O. The second-order valence-electron chi connectivity index (χ2n) is 5.69. The van der Waals surface area contributed by atoms with Crippen LogP contribution in [0.4, 0.5) is 8.78 Å². The predicted octanol–water partition coefficient (Wildman–Crippen LogP) is 2.02. The Morgan fingerprint density at radius 3 is 2.85 bits per heavy atom. The van der Waals surface area contributed by atoms with Gasteiger partial charge in [0.2, 0.25) is 5.91 Å². The lowest BCUT2D eigenvalue weighted by Crippen LogP contribution is -2.40. The molecule has 1 aliphatic carbocycles. The van der Waals surface area contributed by atoms with Gasteiger partial charge < -0.3 is 10.6 Å². The van der Waals surface area contributed by atoms with E-state index in [2.05, 4.69) is 0 Å². The van der Waals surface area contributed by atoms with Gasteiger partial charge in [0.05, 0.1) is 0 Å². The number of likely N-dealkylation sites (tertiary alicyclic amines) is 1. The Morgan fingerprint density at radius 2 is 2.15 bits per heavy atom. The van der Waals surface area contributed by atoms with Crippen molar-refractivity contribution in [3.05, 3.63) is 35.4 Å². The standard InChI is InChI=1S/C15H18F2N2O/c16-13-4-3-9(6-14(13)17)11-7-12(11)15(20)19-5-1-2-10(19)8-18/h3-4,6,10-12H,1-2,5,7-8,18H2. The van der Waals surface area contributed by atoms with Crippen molar-refractivity contribution in [2.45, 2.75) is 31.2 Å². The van der Waals surface area contributed by atoms with Gasteiger partial charge in [-0.15, -0.1) is 0 Å². The maximum absolute atomic E-state index is 13.2. The van der Waals surface area contributed by atoms with Crippen molar-refractivity contribution < 1.29 is 13.6 Å². The van der Waals surface area contributed by atoms with Crippen LogP contribution < -0.4 is 5.73 Å². The van der Waals surface area contributed by atoms with Crippen LogP contribution >= 0.6 is 0 Å². The Kier molecular flexibility index (Phi) is 3.46. The van der Waals surface area contributed by atoms with Gasteiger partial charge in [0, 0.05) is 25.0 Å². The first kappa shape index (κ1) is 13.5. The molecule has 5 heteroatoms. The predicted molar refractivity (Wildman–Crippen MR) is 71.0 cm³/mol. The van der Waals surface area contributed by atoms with Crippen molar-refractivity contribution in [3.8, 4) is 0 Å². The van der Waals surface area contributed by atoms with Crippen LogP contribution in [-0.4, -0.2) is 29.9 Å². The number of nitrogens with two attached hydrogens (primary N) is 1. The van der Waals surface area contributed by atoms with Gasteiger partial charge in [-0.05, 0) is 42.9 Å². The summed E-state index contributed by atoms with van der Waals surface area (Å²) in [6.45, 7) is 1.26. The largest absolute Gasteiger partial charge is 0.338 e. The summed E-state index contributed by atoms with van der Waals surface area (Å²) in [7, 11) is 0. The van der Waals surface area contributed by atoms with Gasteiger partial charge in [-0.1, -0.05) is 6.07 Å². The maximum Gasteiger partial charge on any atom is 0.226 e. The number of rotatable bonds is 3. The molecule has 20 heavy (non-hydrogen) atoms. The van der Waals surface area contributed by atoms with Crippen molar-refractivity contribution in [3.63, 3.8) is 0 Å². The minimum absolute atomic E-state index is 0.0247. The molecule has 3 atom stereocenters. The fourth-order valence-corrected chi connectivity index (χ4v) is 3.16. The van der Waals surface area contributed by atoms with Crippen LogP contribution in [0.1, 0.15) is 30.7 Å². The summed E-state index contributed by atoms with van der Waals surface area (Å²) in [6.07, 6.45) is 2.68. The molecule has 1 heterocycles. The molecule has 0 aromatic heterocycles. The third kappa shape index (κ3) is 2.30. The molecule has 0 spiro atoms. The monoisotopic (exact) mass is 280 g/mol. The summed E-state index contributed by atoms with van der Waals surface area (Å²) in [5, 5.41) is 0. The summed E-state index contributed by atoms with van der Waals surface area (Å²) in [5.41, 5.74) is 6.39. The Balaban J connectivity index is 1.69. The number of nitrogens with zero attached hydrogens (tertiary/aromatic N) is 1. The lowest BCUT2D eigenvalue weighted by molar-refractivity contribution is -0.133. The van der Waals surface area contributed by atoms with E-state index < -0.39 is 11.6 Å². The van der Waals surface area contributed by atoms with E-state index in [9.17, 15) is 13.6 Å². The van der Waals surface area contributed by atoms with E-state index in [1.54, 1.807) is 6.07 Å². The van der Waals surface area contributed by atoms with Crippen LogP contribution in [0.3, 0.4) is 0 Å². The van der Waals surface area contributed by atoms with Gasteiger partial charge in [-0.3, -0.25) is 4.79 Å². The highest BCUT2D eigenvalue weighted by molar-refractivity contribution is 5.83. The number of benzene rings is 1. The molecule has 0 bridgehead atoms. The molecule has 2 fully saturated rings. The molecule has 1 amide bonds. The van der Waals surface area contributed by atoms with Gasteiger partial charge >= 0.3 is 0 Å². The van der Waals surface area contributed by atoms with Crippen molar-refractivity contribution in [1.82, 2.24) is 4.90 Å². The van der Waals surface area contributed by atoms with E-state index in [0.717, 1.165) is 31.9 Å². The first-order chi connectivity index (χ1) is 9.61. The lowest BCUT2D eigenvalue weighted by atomic mass is 10.1. The average Bonchev–Trinajstić information content (AvgIpc) is 3.10. The second-order valence-corrected chi connectivity index (χ2v) is 5.69. The van der Waals surface area contributed by atoms with Crippen LogP contribution in [0.2, 0.25) is 0 Å². The van der Waals surface area contributed by atoms with Crippen molar-refractivity contribution in [2.24, 2.45) is 11.7 Å². The van der Waals surface area contributed by atoms with Crippen molar-refractivity contribution in [2.75, 3.05) is 13.1 Å². The molecule has 2 aliphatic rings. The van der Waals surface area contributed by atoms with E-state index in [4.69, 9.17) is 5.73 Å². The summed E-state index contributed by atoms with van der Waals surface area (Å²) in [4.78, 5) is 14.3. The molecule has 3 nitrogen and oxygen atoms in total. The Hall–Kier alpha value is -1.49. The number of hydrogen-bond acceptors (Lipinski definition) is 2. The minimum atomic E-state index is -0.847. The van der Waals surface area contributed by atoms with E-state index in [0.29, 0.717) is 12.1 Å². The van der Waals surface area contributed by atoms with Gasteiger partial charge in [0.15, 0.2) is 11.6 Å². The Bertz CT molecular complexity index is 535. The average molecular weight is 280 g/mol. The zero-order chi connectivity index (χ0) is 14.3. The SMILES string of the molecule is NCC1CCCN1C(=O)C1CC1c1ccc(F)c(F)c1. The zero-order valence-electron chi connectivity index (χ0n) is 11.2. The molecule has 2 N–H and O–H groups in total. The Labute approximate surface area is 116 Å². The number of halogens is 2. The fraction of sp³-hybridized carbons (Fsp3) is 0.533.